The summed E-state index contributed by atoms with van der Waals surface area (Å²) in [4.78, 5) is 12.0. The number of hydrogen-bond acceptors (Lipinski definition) is 4. The number of carbonyl (C=O) groups is 1. The summed E-state index contributed by atoms with van der Waals surface area (Å²) in [6.07, 6.45) is 0. The van der Waals surface area contributed by atoms with Crippen LogP contribution in [0, 0.1) is 0 Å². The maximum absolute atomic E-state index is 12.0. The van der Waals surface area contributed by atoms with Gasteiger partial charge in [0.25, 0.3) is 0 Å². The first kappa shape index (κ1) is 14.5. The second-order valence-electron chi connectivity index (χ2n) is 4.58. The number of benzene rings is 1. The van der Waals surface area contributed by atoms with Crippen molar-refractivity contribution in [3.05, 3.63) is 29.8 Å². The van der Waals surface area contributed by atoms with E-state index in [2.05, 4.69) is 0 Å². The van der Waals surface area contributed by atoms with E-state index in [4.69, 9.17) is 15.2 Å². The second-order valence-corrected chi connectivity index (χ2v) is 4.58. The second kappa shape index (κ2) is 6.40. The fourth-order valence-corrected chi connectivity index (χ4v) is 1.54. The van der Waals surface area contributed by atoms with Crippen LogP contribution in [0.25, 0.3) is 0 Å². The van der Waals surface area contributed by atoms with Crippen molar-refractivity contribution in [3.63, 3.8) is 0 Å². The summed E-state index contributed by atoms with van der Waals surface area (Å²) < 4.78 is 10.3. The standard InChI is InChI=1S/C14H21NO3/c1-4-17-9-10-18-13(16)14(2,3)11-5-7-12(15)8-6-11/h5-8H,4,9-10,15H2,1-3H3. The van der Waals surface area contributed by atoms with Crippen molar-refractivity contribution < 1.29 is 14.3 Å². The highest BCUT2D eigenvalue weighted by atomic mass is 16.6. The molecule has 2 N–H and O–H groups in total. The summed E-state index contributed by atoms with van der Waals surface area (Å²) in [7, 11) is 0. The zero-order valence-electron chi connectivity index (χ0n) is 11.2. The summed E-state index contributed by atoms with van der Waals surface area (Å²) in [5, 5.41) is 0. The molecule has 1 aromatic rings. The van der Waals surface area contributed by atoms with Gasteiger partial charge < -0.3 is 15.2 Å². The Morgan fingerprint density at radius 2 is 1.83 bits per heavy atom. The predicted octanol–water partition coefficient (Wildman–Crippen LogP) is 2.13. The van der Waals surface area contributed by atoms with Crippen LogP contribution in [0.5, 0.6) is 0 Å². The molecule has 0 heterocycles. The molecule has 0 saturated carbocycles. The van der Waals surface area contributed by atoms with Gasteiger partial charge in [-0.1, -0.05) is 12.1 Å². The van der Waals surface area contributed by atoms with E-state index in [0.717, 1.165) is 5.56 Å². The number of rotatable bonds is 6. The average Bonchev–Trinajstić information content (AvgIpc) is 2.35. The smallest absolute Gasteiger partial charge is 0.316 e. The lowest BCUT2D eigenvalue weighted by Crippen LogP contribution is -2.32. The normalized spacial score (nSPS) is 11.3. The third-order valence-electron chi connectivity index (χ3n) is 2.81. The molecule has 0 aliphatic rings. The van der Waals surface area contributed by atoms with E-state index in [9.17, 15) is 4.79 Å². The van der Waals surface area contributed by atoms with Gasteiger partial charge in [-0.05, 0) is 38.5 Å². The zero-order valence-corrected chi connectivity index (χ0v) is 11.2. The van der Waals surface area contributed by atoms with E-state index in [0.29, 0.717) is 18.9 Å². The third kappa shape index (κ3) is 3.74. The Kier molecular flexibility index (Phi) is 5.16. The van der Waals surface area contributed by atoms with Crippen molar-refractivity contribution in [2.75, 3.05) is 25.6 Å². The molecule has 0 amide bonds. The summed E-state index contributed by atoms with van der Waals surface area (Å²) >= 11 is 0. The lowest BCUT2D eigenvalue weighted by Gasteiger charge is -2.23. The molecular formula is C14H21NO3. The van der Waals surface area contributed by atoms with Crippen LogP contribution in [0.1, 0.15) is 26.3 Å². The predicted molar refractivity (Wildman–Crippen MR) is 71.3 cm³/mol. The highest BCUT2D eigenvalue weighted by Gasteiger charge is 2.31. The molecule has 0 radical (unpaired) electrons. The molecule has 0 atom stereocenters. The fourth-order valence-electron chi connectivity index (χ4n) is 1.54. The number of carbonyl (C=O) groups excluding carboxylic acids is 1. The largest absolute Gasteiger partial charge is 0.463 e. The van der Waals surface area contributed by atoms with Crippen LogP contribution >= 0.6 is 0 Å². The lowest BCUT2D eigenvalue weighted by atomic mass is 9.85. The molecule has 1 aromatic carbocycles. The third-order valence-corrected chi connectivity index (χ3v) is 2.81. The van der Waals surface area contributed by atoms with Crippen molar-refractivity contribution in [1.29, 1.82) is 0 Å². The van der Waals surface area contributed by atoms with Gasteiger partial charge in [0.1, 0.15) is 6.61 Å². The maximum atomic E-state index is 12.0. The van der Waals surface area contributed by atoms with E-state index >= 15 is 0 Å². The first-order chi connectivity index (χ1) is 8.48. The lowest BCUT2D eigenvalue weighted by molar-refractivity contribution is -0.150. The van der Waals surface area contributed by atoms with Crippen molar-refractivity contribution in [2.24, 2.45) is 0 Å². The molecule has 0 fully saturated rings. The molecule has 0 unspecified atom stereocenters. The Morgan fingerprint density at radius 1 is 1.22 bits per heavy atom. The van der Waals surface area contributed by atoms with Gasteiger partial charge in [0.2, 0.25) is 0 Å². The van der Waals surface area contributed by atoms with Crippen LogP contribution in [0.3, 0.4) is 0 Å². The molecule has 18 heavy (non-hydrogen) atoms. The van der Waals surface area contributed by atoms with Gasteiger partial charge in [0.15, 0.2) is 0 Å². The first-order valence-electron chi connectivity index (χ1n) is 6.09. The van der Waals surface area contributed by atoms with E-state index in [1.54, 1.807) is 12.1 Å². The Morgan fingerprint density at radius 3 is 2.39 bits per heavy atom. The van der Waals surface area contributed by atoms with Gasteiger partial charge >= 0.3 is 5.97 Å². The molecule has 0 aliphatic heterocycles. The first-order valence-corrected chi connectivity index (χ1v) is 6.09. The Bertz CT molecular complexity index is 385. The zero-order chi connectivity index (χ0) is 13.6. The number of nitrogens with two attached hydrogens (primary N) is 1. The van der Waals surface area contributed by atoms with Crippen LogP contribution in [0.2, 0.25) is 0 Å². The Balaban J connectivity index is 2.61. The number of hydrogen-bond donors (Lipinski definition) is 1. The molecule has 100 valence electrons. The van der Waals surface area contributed by atoms with Crippen molar-refractivity contribution in [2.45, 2.75) is 26.2 Å². The molecule has 0 bridgehead atoms. The van der Waals surface area contributed by atoms with Gasteiger partial charge in [-0.3, -0.25) is 4.79 Å². The van der Waals surface area contributed by atoms with E-state index in [1.807, 2.05) is 32.9 Å². The molecule has 0 saturated heterocycles. The molecule has 4 nitrogen and oxygen atoms in total. The topological polar surface area (TPSA) is 61.5 Å². The van der Waals surface area contributed by atoms with Crippen molar-refractivity contribution >= 4 is 11.7 Å². The van der Waals surface area contributed by atoms with Crippen LogP contribution in [0.4, 0.5) is 5.69 Å². The SMILES string of the molecule is CCOCCOC(=O)C(C)(C)c1ccc(N)cc1. The van der Waals surface area contributed by atoms with Gasteiger partial charge in [-0.2, -0.15) is 0 Å². The monoisotopic (exact) mass is 251 g/mol. The molecule has 1 rings (SSSR count). The summed E-state index contributed by atoms with van der Waals surface area (Å²) in [6, 6.07) is 7.26. The van der Waals surface area contributed by atoms with Gasteiger partial charge in [-0.25, -0.2) is 0 Å². The van der Waals surface area contributed by atoms with E-state index < -0.39 is 5.41 Å². The molecule has 0 aliphatic carbocycles. The summed E-state index contributed by atoms with van der Waals surface area (Å²) in [5.41, 5.74) is 6.51. The van der Waals surface area contributed by atoms with E-state index in [-0.39, 0.29) is 12.6 Å². The number of ether oxygens (including phenoxy) is 2. The molecule has 0 aromatic heterocycles. The minimum absolute atomic E-state index is 0.257. The number of anilines is 1. The highest BCUT2D eigenvalue weighted by Crippen LogP contribution is 2.25. The minimum atomic E-state index is -0.681. The maximum Gasteiger partial charge on any atom is 0.316 e. The van der Waals surface area contributed by atoms with Crippen LogP contribution < -0.4 is 5.73 Å². The fraction of sp³-hybridized carbons (Fsp3) is 0.500. The van der Waals surface area contributed by atoms with Crippen molar-refractivity contribution in [3.8, 4) is 0 Å². The van der Waals surface area contributed by atoms with Crippen LogP contribution in [0.15, 0.2) is 24.3 Å². The molecular weight excluding hydrogens is 230 g/mol. The minimum Gasteiger partial charge on any atom is -0.463 e. The Labute approximate surface area is 108 Å². The summed E-state index contributed by atoms with van der Waals surface area (Å²) in [5.74, 6) is -0.257. The molecule has 0 spiro atoms. The summed E-state index contributed by atoms with van der Waals surface area (Å²) in [6.45, 7) is 6.91. The number of esters is 1. The van der Waals surface area contributed by atoms with Gasteiger partial charge in [0, 0.05) is 12.3 Å². The van der Waals surface area contributed by atoms with Crippen molar-refractivity contribution in [1.82, 2.24) is 0 Å². The van der Waals surface area contributed by atoms with E-state index in [1.165, 1.54) is 0 Å². The highest BCUT2D eigenvalue weighted by molar-refractivity contribution is 5.82. The van der Waals surface area contributed by atoms with Crippen LogP contribution in [-0.2, 0) is 19.7 Å². The van der Waals surface area contributed by atoms with Crippen LogP contribution in [-0.4, -0.2) is 25.8 Å². The van der Waals surface area contributed by atoms with Gasteiger partial charge in [0.05, 0.1) is 12.0 Å². The van der Waals surface area contributed by atoms with Gasteiger partial charge in [-0.15, -0.1) is 0 Å². The quantitative estimate of drug-likeness (QED) is 0.478. The number of nitrogen functional groups attached to an aromatic ring is 1. The average molecular weight is 251 g/mol. The molecule has 4 heteroatoms. The Hall–Kier alpha value is -1.55.